The van der Waals surface area contributed by atoms with Crippen LogP contribution < -0.4 is 10.2 Å². The number of likely N-dealkylation sites (tertiary alicyclic amines) is 1. The van der Waals surface area contributed by atoms with E-state index in [1.807, 2.05) is 36.2 Å². The molecular formula is C17H27N3O. The minimum atomic E-state index is 0.161. The molecule has 1 aliphatic rings. The van der Waals surface area contributed by atoms with Crippen molar-refractivity contribution in [1.29, 1.82) is 0 Å². The minimum Gasteiger partial charge on any atom is -0.375 e. The van der Waals surface area contributed by atoms with Crippen LogP contribution in [0.5, 0.6) is 0 Å². The van der Waals surface area contributed by atoms with Crippen LogP contribution in [-0.4, -0.2) is 50.6 Å². The summed E-state index contributed by atoms with van der Waals surface area (Å²) in [6, 6.07) is 8.55. The predicted octanol–water partition coefficient (Wildman–Crippen LogP) is 2.36. The number of hydrogen-bond donors (Lipinski definition) is 1. The van der Waals surface area contributed by atoms with E-state index in [1.165, 1.54) is 5.69 Å². The first kappa shape index (κ1) is 15.8. The van der Waals surface area contributed by atoms with Gasteiger partial charge < -0.3 is 15.1 Å². The quantitative estimate of drug-likeness (QED) is 0.904. The smallest absolute Gasteiger partial charge is 0.253 e. The Hall–Kier alpha value is -1.55. The Bertz CT molecular complexity index is 450. The maximum Gasteiger partial charge on any atom is 0.253 e. The largest absolute Gasteiger partial charge is 0.375 e. The zero-order chi connectivity index (χ0) is 15.2. The van der Waals surface area contributed by atoms with Crippen LogP contribution in [0.25, 0.3) is 0 Å². The van der Waals surface area contributed by atoms with Crippen molar-refractivity contribution in [3.63, 3.8) is 0 Å². The van der Waals surface area contributed by atoms with Gasteiger partial charge in [0.05, 0.1) is 0 Å². The third-order valence-electron chi connectivity index (χ3n) is 4.30. The van der Waals surface area contributed by atoms with E-state index in [4.69, 9.17) is 0 Å². The number of anilines is 1. The molecule has 0 aromatic heterocycles. The number of rotatable bonds is 5. The van der Waals surface area contributed by atoms with Crippen LogP contribution >= 0.6 is 0 Å². The van der Waals surface area contributed by atoms with Gasteiger partial charge in [-0.25, -0.2) is 0 Å². The van der Waals surface area contributed by atoms with Gasteiger partial charge in [-0.15, -0.1) is 0 Å². The summed E-state index contributed by atoms with van der Waals surface area (Å²) >= 11 is 0. The lowest BCUT2D eigenvalue weighted by molar-refractivity contribution is 0.0707. The van der Waals surface area contributed by atoms with Crippen molar-refractivity contribution in [3.05, 3.63) is 29.8 Å². The summed E-state index contributed by atoms with van der Waals surface area (Å²) in [7, 11) is 4.08. The molecular weight excluding hydrogens is 262 g/mol. The van der Waals surface area contributed by atoms with Gasteiger partial charge in [-0.2, -0.15) is 0 Å². The van der Waals surface area contributed by atoms with Gasteiger partial charge in [0.25, 0.3) is 5.91 Å². The summed E-state index contributed by atoms with van der Waals surface area (Å²) in [6.45, 7) is 4.90. The van der Waals surface area contributed by atoms with Gasteiger partial charge in [0, 0.05) is 44.0 Å². The van der Waals surface area contributed by atoms with Crippen molar-refractivity contribution in [2.45, 2.75) is 32.2 Å². The van der Waals surface area contributed by atoms with Crippen molar-refractivity contribution >= 4 is 11.6 Å². The van der Waals surface area contributed by atoms with Crippen molar-refractivity contribution < 1.29 is 4.79 Å². The summed E-state index contributed by atoms with van der Waals surface area (Å²) in [4.78, 5) is 16.7. The van der Waals surface area contributed by atoms with E-state index in [2.05, 4.69) is 24.2 Å². The highest BCUT2D eigenvalue weighted by Gasteiger charge is 2.22. The average molecular weight is 289 g/mol. The minimum absolute atomic E-state index is 0.161. The molecule has 0 radical (unpaired) electrons. The van der Waals surface area contributed by atoms with Crippen LogP contribution in [0.4, 0.5) is 5.69 Å². The number of amides is 1. The Morgan fingerprint density at radius 3 is 2.43 bits per heavy atom. The van der Waals surface area contributed by atoms with Crippen LogP contribution in [0.15, 0.2) is 24.3 Å². The second-order valence-corrected chi connectivity index (χ2v) is 5.82. The summed E-state index contributed by atoms with van der Waals surface area (Å²) in [5, 5.41) is 3.29. The Labute approximate surface area is 128 Å². The molecule has 116 valence electrons. The highest BCUT2D eigenvalue weighted by molar-refractivity contribution is 5.94. The fraction of sp³-hybridized carbons (Fsp3) is 0.588. The number of carbonyl (C=O) groups excluding carboxylic acids is 1. The van der Waals surface area contributed by atoms with E-state index in [0.29, 0.717) is 6.04 Å². The molecule has 4 nitrogen and oxygen atoms in total. The van der Waals surface area contributed by atoms with Crippen molar-refractivity contribution in [2.75, 3.05) is 38.6 Å². The lowest BCUT2D eigenvalue weighted by Crippen LogP contribution is -2.43. The molecule has 21 heavy (non-hydrogen) atoms. The zero-order valence-electron chi connectivity index (χ0n) is 13.4. The summed E-state index contributed by atoms with van der Waals surface area (Å²) in [5.41, 5.74) is 1.97. The van der Waals surface area contributed by atoms with Gasteiger partial charge in [0.2, 0.25) is 0 Å². The average Bonchev–Trinajstić information content (AvgIpc) is 2.54. The lowest BCUT2D eigenvalue weighted by atomic mass is 10.0. The molecule has 1 N–H and O–H groups in total. The molecule has 0 bridgehead atoms. The molecule has 0 atom stereocenters. The topological polar surface area (TPSA) is 35.6 Å². The maximum atomic E-state index is 12.5. The summed E-state index contributed by atoms with van der Waals surface area (Å²) < 4.78 is 0. The van der Waals surface area contributed by atoms with Crippen LogP contribution in [0.1, 0.15) is 36.5 Å². The highest BCUT2D eigenvalue weighted by atomic mass is 16.2. The Morgan fingerprint density at radius 1 is 1.29 bits per heavy atom. The summed E-state index contributed by atoms with van der Waals surface area (Å²) in [5.74, 6) is 0.161. The van der Waals surface area contributed by atoms with E-state index in [-0.39, 0.29) is 5.91 Å². The Morgan fingerprint density at radius 2 is 1.90 bits per heavy atom. The molecule has 1 aliphatic heterocycles. The molecule has 1 fully saturated rings. The molecule has 0 unspecified atom stereocenters. The van der Waals surface area contributed by atoms with Gasteiger partial charge >= 0.3 is 0 Å². The zero-order valence-corrected chi connectivity index (χ0v) is 13.4. The predicted molar refractivity (Wildman–Crippen MR) is 88.0 cm³/mol. The summed E-state index contributed by atoms with van der Waals surface area (Å²) in [6.07, 6.45) is 3.21. The molecule has 4 heteroatoms. The molecule has 0 saturated carbocycles. The molecule has 1 saturated heterocycles. The van der Waals surface area contributed by atoms with Crippen molar-refractivity contribution in [1.82, 2.24) is 10.2 Å². The number of nitrogens with zero attached hydrogens (tertiary/aromatic N) is 2. The Balaban J connectivity index is 1.97. The number of hydrogen-bond acceptors (Lipinski definition) is 3. The highest BCUT2D eigenvalue weighted by Crippen LogP contribution is 2.17. The van der Waals surface area contributed by atoms with Gasteiger partial charge in [0.1, 0.15) is 0 Å². The Kier molecular flexibility index (Phi) is 5.62. The van der Waals surface area contributed by atoms with E-state index in [1.54, 1.807) is 0 Å². The standard InChI is InChI=1S/C17H27N3O/c1-4-11-19(3)16-7-5-14(6-8-16)17(21)20-12-9-15(18-2)10-13-20/h5-8,15,18H,4,9-13H2,1-3H3. The van der Waals surface area contributed by atoms with E-state index >= 15 is 0 Å². The first-order valence-electron chi connectivity index (χ1n) is 7.93. The van der Waals surface area contributed by atoms with Crippen LogP contribution in [0.3, 0.4) is 0 Å². The van der Waals surface area contributed by atoms with Gasteiger partial charge in [-0.05, 0) is 50.6 Å². The molecule has 1 amide bonds. The SMILES string of the molecule is CCCN(C)c1ccc(C(=O)N2CCC(NC)CC2)cc1. The number of benzene rings is 1. The fourth-order valence-corrected chi connectivity index (χ4v) is 2.88. The second kappa shape index (κ2) is 7.46. The van der Waals surface area contributed by atoms with E-state index in [0.717, 1.165) is 44.5 Å². The van der Waals surface area contributed by atoms with Gasteiger partial charge in [-0.3, -0.25) is 4.79 Å². The van der Waals surface area contributed by atoms with Gasteiger partial charge in [0.15, 0.2) is 0 Å². The first-order valence-corrected chi connectivity index (χ1v) is 7.93. The first-order chi connectivity index (χ1) is 10.2. The molecule has 1 heterocycles. The molecule has 1 aromatic rings. The number of carbonyl (C=O) groups is 1. The van der Waals surface area contributed by atoms with Crippen molar-refractivity contribution in [3.8, 4) is 0 Å². The van der Waals surface area contributed by atoms with E-state index in [9.17, 15) is 4.79 Å². The molecule has 0 aliphatic carbocycles. The third-order valence-corrected chi connectivity index (χ3v) is 4.30. The van der Waals surface area contributed by atoms with E-state index < -0.39 is 0 Å². The van der Waals surface area contributed by atoms with Gasteiger partial charge in [-0.1, -0.05) is 6.92 Å². The molecule has 2 rings (SSSR count). The normalized spacial score (nSPS) is 16.0. The van der Waals surface area contributed by atoms with Crippen LogP contribution in [0.2, 0.25) is 0 Å². The van der Waals surface area contributed by atoms with Crippen molar-refractivity contribution in [2.24, 2.45) is 0 Å². The molecule has 1 aromatic carbocycles. The van der Waals surface area contributed by atoms with Crippen LogP contribution in [-0.2, 0) is 0 Å². The second-order valence-electron chi connectivity index (χ2n) is 5.82. The number of piperidine rings is 1. The molecule has 0 spiro atoms. The fourth-order valence-electron chi connectivity index (χ4n) is 2.88. The monoisotopic (exact) mass is 289 g/mol. The maximum absolute atomic E-state index is 12.5. The third kappa shape index (κ3) is 3.97. The lowest BCUT2D eigenvalue weighted by Gasteiger charge is -2.32. The van der Waals surface area contributed by atoms with Crippen LogP contribution in [0, 0.1) is 0 Å². The number of nitrogens with one attached hydrogen (secondary N) is 1.